The van der Waals surface area contributed by atoms with Gasteiger partial charge in [0.1, 0.15) is 52.9 Å². The summed E-state index contributed by atoms with van der Waals surface area (Å²) in [5, 5.41) is 11.1. The molecule has 0 aromatic heterocycles. The number of halogens is 5. The van der Waals surface area contributed by atoms with E-state index in [1.165, 1.54) is 57.0 Å². The lowest BCUT2D eigenvalue weighted by Gasteiger charge is -2.39. The van der Waals surface area contributed by atoms with E-state index < -0.39 is 175 Å². The quantitative estimate of drug-likeness (QED) is 0.262. The molecule has 1 aromatic rings. The number of aryl methyl sites for hydroxylation is 1. The molecule has 6 unspecified atom stereocenters. The van der Waals surface area contributed by atoms with Crippen LogP contribution in [-0.2, 0) is 65.3 Å². The number of nitrogens with one attached hydrogen (secondary N) is 4. The Labute approximate surface area is 495 Å². The van der Waals surface area contributed by atoms with Gasteiger partial charge in [0.15, 0.2) is 0 Å². The van der Waals surface area contributed by atoms with Gasteiger partial charge in [-0.1, -0.05) is 60.8 Å². The van der Waals surface area contributed by atoms with E-state index in [4.69, 9.17) is 0 Å². The Hall–Kier alpha value is -6.96. The summed E-state index contributed by atoms with van der Waals surface area (Å²) in [4.78, 5) is 163. The van der Waals surface area contributed by atoms with E-state index in [2.05, 4.69) is 21.3 Å². The highest BCUT2D eigenvalue weighted by Gasteiger charge is 2.49. The number of hydrogen-bond acceptors (Lipinski definition) is 11. The van der Waals surface area contributed by atoms with Crippen LogP contribution < -0.4 is 21.3 Å². The minimum atomic E-state index is -5.37. The second-order valence-corrected chi connectivity index (χ2v) is 24.2. The average molecular weight is 1210 g/mol. The molecule has 4 rings (SSSR count). The Bertz CT molecular complexity index is 2610. The van der Waals surface area contributed by atoms with Crippen molar-refractivity contribution in [2.24, 2.45) is 17.8 Å². The van der Waals surface area contributed by atoms with Gasteiger partial charge in [0.25, 0.3) is 0 Å². The lowest BCUT2D eigenvalue weighted by molar-refractivity contribution is -0.148. The molecule has 3 fully saturated rings. The number of likely N-dealkylation sites (N-methyl/N-ethyl adjacent to an activating group) is 6. The van der Waals surface area contributed by atoms with E-state index in [-0.39, 0.29) is 68.9 Å². The number of fused-ring (bicyclic) bond motifs is 1. The van der Waals surface area contributed by atoms with Crippen LogP contribution in [0.2, 0.25) is 0 Å². The molecule has 4 N–H and O–H groups in total. The van der Waals surface area contributed by atoms with Gasteiger partial charge in [-0.3, -0.25) is 52.7 Å². The predicted octanol–water partition coefficient (Wildman–Crippen LogP) is 2.84. The molecule has 1 spiro atoms. The van der Waals surface area contributed by atoms with E-state index >= 15 is 0 Å². The Kier molecular flexibility index (Phi) is 25.2. The summed E-state index contributed by atoms with van der Waals surface area (Å²) in [6.45, 7) is 10.1. The molecule has 1 aliphatic carbocycles. The normalized spacial score (nSPS) is 25.0. The highest BCUT2D eigenvalue weighted by Crippen LogP contribution is 2.36. The molecule has 1 aromatic carbocycles. The van der Waals surface area contributed by atoms with Crippen molar-refractivity contribution < 1.29 is 74.7 Å². The number of rotatable bonds is 9. The van der Waals surface area contributed by atoms with Crippen LogP contribution >= 0.6 is 0 Å². The molecule has 2 aliphatic heterocycles. The first-order chi connectivity index (χ1) is 39.5. The zero-order valence-corrected chi connectivity index (χ0v) is 51.4. The maximum Gasteiger partial charge on any atom is 0.422 e. The predicted molar refractivity (Wildman–Crippen MR) is 302 cm³/mol. The Morgan fingerprint density at radius 1 is 0.624 bits per heavy atom. The van der Waals surface area contributed by atoms with Crippen LogP contribution in [-0.4, -0.2) is 216 Å². The number of alkyl halides is 3. The van der Waals surface area contributed by atoms with Crippen molar-refractivity contribution in [3.63, 3.8) is 0 Å². The molecule has 2 heterocycles. The van der Waals surface area contributed by atoms with E-state index in [1.54, 1.807) is 13.8 Å². The zero-order valence-electron chi connectivity index (χ0n) is 51.4. The molecule has 11 amide bonds. The van der Waals surface area contributed by atoms with Crippen molar-refractivity contribution in [3.05, 3.63) is 34.9 Å². The van der Waals surface area contributed by atoms with Gasteiger partial charge in [0.2, 0.25) is 65.0 Å². The largest absolute Gasteiger partial charge is 0.422 e. The molecule has 85 heavy (non-hydrogen) atoms. The van der Waals surface area contributed by atoms with Crippen molar-refractivity contribution in [2.45, 2.75) is 173 Å². The summed E-state index contributed by atoms with van der Waals surface area (Å²) in [6.07, 6.45) is -4.11. The first kappa shape index (κ1) is 70.5. The van der Waals surface area contributed by atoms with Gasteiger partial charge in [-0.2, -0.15) is 13.2 Å². The molecular weight excluding hydrogens is 1120 g/mol. The number of nitrogens with zero attached hydrogens (tertiary/aromatic N) is 7. The highest BCUT2D eigenvalue weighted by molar-refractivity contribution is 5.99. The van der Waals surface area contributed by atoms with E-state index in [9.17, 15) is 74.7 Å². The summed E-state index contributed by atoms with van der Waals surface area (Å²) in [5.74, 6) is -12.2. The molecule has 1 saturated carbocycles. The van der Waals surface area contributed by atoms with Crippen LogP contribution in [0, 0.1) is 29.4 Å². The minimum absolute atomic E-state index is 0.0422. The molecule has 27 heteroatoms. The molecule has 3 aliphatic rings. The maximum atomic E-state index is 14.9. The molecule has 0 radical (unpaired) electrons. The lowest BCUT2D eigenvalue weighted by Crippen LogP contribution is -2.64. The van der Waals surface area contributed by atoms with Crippen LogP contribution in [0.4, 0.5) is 22.0 Å². The monoisotopic (exact) mass is 1210 g/mol. The van der Waals surface area contributed by atoms with Crippen molar-refractivity contribution in [1.29, 1.82) is 0 Å². The summed E-state index contributed by atoms with van der Waals surface area (Å²) >= 11 is 0. The fourth-order valence-corrected chi connectivity index (χ4v) is 11.0. The molecule has 2 saturated heterocycles. The van der Waals surface area contributed by atoms with Crippen molar-refractivity contribution in [2.75, 3.05) is 75.0 Å². The third kappa shape index (κ3) is 18.8. The van der Waals surface area contributed by atoms with Gasteiger partial charge in [-0.15, -0.1) is 0 Å². The Morgan fingerprint density at radius 3 is 1.62 bits per heavy atom. The summed E-state index contributed by atoms with van der Waals surface area (Å²) < 4.78 is 70.0. The van der Waals surface area contributed by atoms with Crippen LogP contribution in [0.1, 0.15) is 130 Å². The standard InChI is InChI=1S/C58H88F5N11O11/c1-14-35(6)50-55(84)71(11)32-48(79)70(10)31-47(78)69(9)30-46(77)68(8)29-44(75)65-40(20-19-37-27-38(59)49(39(60)28-37)58(61,62)63)54(83)74-23-17-18-41(74)53(82)67-57(21-15-16-22-57)56(85)73(13)43(25-34(4)5)51(80)64-36(7)26-45(76)72(12)42(24-33(2)3)52(81)66-50/h27-28,33-36,40-43,50H,14-26,29-32H2,1-13H3,(H,64,80)(H,65,75)(H,66,81)(H,67,82)/t35-,36?,40?,41?,42?,43?,50?/m0/s1. The third-order valence-corrected chi connectivity index (χ3v) is 16.2. The SMILES string of the molecule is CC[C@H](C)C1NC(=O)C(CC(C)C)N(C)C(=O)CC(C)NC(=O)C(CC(C)C)N(C)C(=O)C2(CCCC2)NC(=O)C2CCCN2C(=O)C(CCc2cc(F)c(C(F)(F)F)c(F)c2)NC(=O)CN(C)C(=O)CN(C)C(=O)CN(C)C(=O)CN(C)C1=O. The van der Waals surface area contributed by atoms with Gasteiger partial charge in [-0.05, 0) is 93.7 Å². The summed E-state index contributed by atoms with van der Waals surface area (Å²) in [7, 11) is 8.03. The van der Waals surface area contributed by atoms with Crippen molar-refractivity contribution >= 4 is 65.0 Å². The fraction of sp³-hybridized carbons (Fsp3) is 0.707. The number of benzene rings is 1. The summed E-state index contributed by atoms with van der Waals surface area (Å²) in [5.41, 5.74) is -3.97. The second-order valence-electron chi connectivity index (χ2n) is 24.2. The lowest BCUT2D eigenvalue weighted by atomic mass is 9.92. The van der Waals surface area contributed by atoms with Gasteiger partial charge in [-0.25, -0.2) is 8.78 Å². The topological polar surface area (TPSA) is 259 Å². The first-order valence-corrected chi connectivity index (χ1v) is 29.1. The fourth-order valence-electron chi connectivity index (χ4n) is 11.0. The van der Waals surface area contributed by atoms with Crippen molar-refractivity contribution in [3.8, 4) is 0 Å². The van der Waals surface area contributed by atoms with Crippen LogP contribution in [0.3, 0.4) is 0 Å². The van der Waals surface area contributed by atoms with Crippen LogP contribution in [0.25, 0.3) is 0 Å². The van der Waals surface area contributed by atoms with Gasteiger partial charge in [0.05, 0.1) is 26.2 Å². The molecule has 7 atom stereocenters. The molecule has 0 bridgehead atoms. The van der Waals surface area contributed by atoms with E-state index in [1.807, 2.05) is 34.6 Å². The van der Waals surface area contributed by atoms with Gasteiger partial charge >= 0.3 is 6.18 Å². The number of carbonyl (C=O) groups excluding carboxylic acids is 11. The number of amides is 11. The second kappa shape index (κ2) is 30.4. The Morgan fingerprint density at radius 2 is 1.12 bits per heavy atom. The molecular formula is C58H88F5N11O11. The zero-order chi connectivity index (χ0) is 64.2. The Balaban J connectivity index is 1.75. The third-order valence-electron chi connectivity index (χ3n) is 16.2. The minimum Gasteiger partial charge on any atom is -0.351 e. The first-order valence-electron chi connectivity index (χ1n) is 29.1. The highest BCUT2D eigenvalue weighted by atomic mass is 19.4. The average Bonchev–Trinajstić information content (AvgIpc) is 3.31. The number of hydrogen-bond donors (Lipinski definition) is 4. The van der Waals surface area contributed by atoms with E-state index in [0.29, 0.717) is 31.4 Å². The van der Waals surface area contributed by atoms with E-state index in [0.717, 1.165) is 19.6 Å². The number of carbonyl (C=O) groups is 11. The van der Waals surface area contributed by atoms with Crippen LogP contribution in [0.15, 0.2) is 12.1 Å². The molecule has 476 valence electrons. The van der Waals surface area contributed by atoms with Gasteiger partial charge < -0.3 is 55.6 Å². The smallest absolute Gasteiger partial charge is 0.351 e. The molecule has 22 nitrogen and oxygen atoms in total. The summed E-state index contributed by atoms with van der Waals surface area (Å²) in [6, 6.07) is -6.09. The van der Waals surface area contributed by atoms with Gasteiger partial charge in [0, 0.05) is 61.3 Å². The maximum absolute atomic E-state index is 14.9. The van der Waals surface area contributed by atoms with Crippen LogP contribution in [0.5, 0.6) is 0 Å². The van der Waals surface area contributed by atoms with Crippen molar-refractivity contribution in [1.82, 2.24) is 55.6 Å².